The molecule has 3 aromatic carbocycles. The van der Waals surface area contributed by atoms with Gasteiger partial charge in [-0.1, -0.05) is 48.5 Å². The number of aliphatic hydroxyl groups is 1. The highest BCUT2D eigenvalue weighted by Crippen LogP contribution is 2.49. The van der Waals surface area contributed by atoms with E-state index in [4.69, 9.17) is 9.84 Å². The number of nitrogens with one attached hydrogen (secondary N) is 1. The summed E-state index contributed by atoms with van der Waals surface area (Å²) < 4.78 is 35.1. The van der Waals surface area contributed by atoms with Crippen molar-refractivity contribution < 1.29 is 28.2 Å². The van der Waals surface area contributed by atoms with Crippen molar-refractivity contribution in [3.05, 3.63) is 77.9 Å². The smallest absolute Gasteiger partial charge is 0.328 e. The van der Waals surface area contributed by atoms with Crippen LogP contribution in [0.15, 0.2) is 71.6 Å². The number of carbonyl (C=O) groups is 1. The number of carboxylic acids is 1. The number of fused-ring (bicyclic) bond motifs is 4. The van der Waals surface area contributed by atoms with E-state index in [1.165, 1.54) is 6.08 Å². The molecule has 0 bridgehead atoms. The summed E-state index contributed by atoms with van der Waals surface area (Å²) in [6.07, 6.45) is 1.44. The topological polar surface area (TPSA) is 113 Å². The molecule has 1 fully saturated rings. The lowest BCUT2D eigenvalue weighted by atomic mass is 9.93. The number of para-hydroxylation sites is 1. The van der Waals surface area contributed by atoms with Crippen molar-refractivity contribution in [2.24, 2.45) is 0 Å². The van der Waals surface area contributed by atoms with Crippen LogP contribution in [0.25, 0.3) is 16.8 Å². The summed E-state index contributed by atoms with van der Waals surface area (Å²) in [5.74, 6) is -0.924. The van der Waals surface area contributed by atoms with E-state index in [1.807, 2.05) is 30.3 Å². The minimum atomic E-state index is -3.90. The molecule has 0 radical (unpaired) electrons. The monoisotopic (exact) mass is 451 g/mol. The highest BCUT2D eigenvalue weighted by atomic mass is 32.2. The van der Waals surface area contributed by atoms with Crippen molar-refractivity contribution in [2.75, 3.05) is 0 Å². The van der Waals surface area contributed by atoms with Crippen LogP contribution in [-0.2, 0) is 14.8 Å². The van der Waals surface area contributed by atoms with E-state index in [1.54, 1.807) is 30.3 Å². The second-order valence-electron chi connectivity index (χ2n) is 8.08. The van der Waals surface area contributed by atoms with Gasteiger partial charge in [0.25, 0.3) is 0 Å². The zero-order valence-corrected chi connectivity index (χ0v) is 17.7. The van der Waals surface area contributed by atoms with Gasteiger partial charge >= 0.3 is 5.97 Å². The molecule has 0 spiro atoms. The van der Waals surface area contributed by atoms with Gasteiger partial charge in [-0.2, -0.15) is 0 Å². The molecule has 1 heterocycles. The Kier molecular flexibility index (Phi) is 5.00. The van der Waals surface area contributed by atoms with Gasteiger partial charge in [-0.15, -0.1) is 0 Å². The first-order valence-corrected chi connectivity index (χ1v) is 11.7. The van der Waals surface area contributed by atoms with Crippen molar-refractivity contribution in [1.82, 2.24) is 4.72 Å². The Morgan fingerprint density at radius 2 is 1.84 bits per heavy atom. The van der Waals surface area contributed by atoms with Gasteiger partial charge in [0.2, 0.25) is 10.0 Å². The third-order valence-corrected chi connectivity index (χ3v) is 7.56. The maximum absolute atomic E-state index is 13.2. The van der Waals surface area contributed by atoms with Gasteiger partial charge in [-0.3, -0.25) is 0 Å². The first-order chi connectivity index (χ1) is 15.3. The van der Waals surface area contributed by atoms with Crippen molar-refractivity contribution in [3.8, 4) is 5.75 Å². The second kappa shape index (κ2) is 7.74. The Hall–Kier alpha value is -3.20. The van der Waals surface area contributed by atoms with Crippen molar-refractivity contribution in [3.63, 3.8) is 0 Å². The van der Waals surface area contributed by atoms with Crippen molar-refractivity contribution >= 4 is 32.8 Å². The number of ether oxygens (including phenoxy) is 1. The van der Waals surface area contributed by atoms with Crippen molar-refractivity contribution in [1.29, 1.82) is 0 Å². The van der Waals surface area contributed by atoms with Gasteiger partial charge in [0.05, 0.1) is 17.0 Å². The number of sulfonamides is 1. The third-order valence-electron chi connectivity index (χ3n) is 6.11. The van der Waals surface area contributed by atoms with Crippen LogP contribution in [0.4, 0.5) is 0 Å². The van der Waals surface area contributed by atoms with Crippen LogP contribution >= 0.6 is 0 Å². The second-order valence-corrected chi connectivity index (χ2v) is 9.79. The molecular weight excluding hydrogens is 430 g/mol. The van der Waals surface area contributed by atoms with Crippen LogP contribution in [0.1, 0.15) is 23.5 Å². The third kappa shape index (κ3) is 3.56. The molecule has 0 amide bonds. The molecular formula is C24H21NO6S. The fraction of sp³-hybridized carbons (Fsp3) is 0.208. The summed E-state index contributed by atoms with van der Waals surface area (Å²) in [7, 11) is -3.90. The lowest BCUT2D eigenvalue weighted by molar-refractivity contribution is -0.131. The molecule has 1 aliphatic carbocycles. The van der Waals surface area contributed by atoms with E-state index in [2.05, 4.69) is 4.72 Å². The fourth-order valence-corrected chi connectivity index (χ4v) is 5.99. The van der Waals surface area contributed by atoms with Gasteiger partial charge in [0, 0.05) is 29.5 Å². The Balaban J connectivity index is 1.47. The average molecular weight is 452 g/mol. The number of hydrogen-bond acceptors (Lipinski definition) is 5. The molecule has 1 saturated carbocycles. The standard InChI is InChI=1S/C24H21NO6S/c26-19-13-20-22(18-7-3-6-15(24(18)31-20)9-11-21(27)28)23(19)25-32(29,30)17-10-8-14-4-1-2-5-16(14)12-17/h1-12,19-20,22-23,25-26H,13H2,(H,27,28)/b11-9+. The largest absolute Gasteiger partial charge is 0.489 e. The Labute approximate surface area is 185 Å². The molecule has 0 saturated heterocycles. The zero-order chi connectivity index (χ0) is 22.5. The van der Waals surface area contributed by atoms with E-state index >= 15 is 0 Å². The number of hydrogen-bond donors (Lipinski definition) is 3. The molecule has 1 aliphatic heterocycles. The summed E-state index contributed by atoms with van der Waals surface area (Å²) in [4.78, 5) is 11.0. The van der Waals surface area contributed by atoms with E-state index in [9.17, 15) is 18.3 Å². The number of aliphatic carboxylic acids is 1. The first-order valence-electron chi connectivity index (χ1n) is 10.2. The van der Waals surface area contributed by atoms with Crippen LogP contribution in [0.3, 0.4) is 0 Å². The number of carboxylic acid groups (broad SMARTS) is 1. The molecule has 4 unspecified atom stereocenters. The zero-order valence-electron chi connectivity index (χ0n) is 16.9. The van der Waals surface area contributed by atoms with Crippen LogP contribution in [0.2, 0.25) is 0 Å². The van der Waals surface area contributed by atoms with Gasteiger partial charge in [-0.25, -0.2) is 17.9 Å². The number of benzene rings is 3. The summed E-state index contributed by atoms with van der Waals surface area (Å²) in [6.45, 7) is 0. The van der Waals surface area contributed by atoms with Crippen LogP contribution in [-0.4, -0.2) is 42.8 Å². The lowest BCUT2D eigenvalue weighted by Crippen LogP contribution is -2.43. The Bertz CT molecular complexity index is 1350. The molecule has 3 N–H and O–H groups in total. The molecule has 2 aliphatic rings. The highest BCUT2D eigenvalue weighted by molar-refractivity contribution is 7.89. The molecule has 0 aromatic heterocycles. The number of rotatable bonds is 5. The van der Waals surface area contributed by atoms with E-state index in [0.29, 0.717) is 11.3 Å². The maximum Gasteiger partial charge on any atom is 0.328 e. The minimum absolute atomic E-state index is 0.129. The summed E-state index contributed by atoms with van der Waals surface area (Å²) >= 11 is 0. The molecule has 8 heteroatoms. The SMILES string of the molecule is O=C(O)/C=C/c1cccc2c1OC1CC(O)C(NS(=O)(=O)c3ccc4ccccc4c3)C21. The Morgan fingerprint density at radius 3 is 2.62 bits per heavy atom. The molecule has 5 rings (SSSR count). The molecule has 4 atom stereocenters. The fourth-order valence-electron chi connectivity index (χ4n) is 4.67. The quantitative estimate of drug-likeness (QED) is 0.514. The maximum atomic E-state index is 13.2. The van der Waals surface area contributed by atoms with E-state index in [0.717, 1.165) is 22.4 Å². The first kappa shape index (κ1) is 20.7. The lowest BCUT2D eigenvalue weighted by Gasteiger charge is -2.22. The molecule has 164 valence electrons. The van der Waals surface area contributed by atoms with Gasteiger partial charge < -0.3 is 14.9 Å². The van der Waals surface area contributed by atoms with Gasteiger partial charge in [0.1, 0.15) is 11.9 Å². The molecule has 7 nitrogen and oxygen atoms in total. The van der Waals surface area contributed by atoms with E-state index < -0.39 is 34.2 Å². The Morgan fingerprint density at radius 1 is 1.06 bits per heavy atom. The highest BCUT2D eigenvalue weighted by Gasteiger charge is 2.51. The predicted molar refractivity (Wildman–Crippen MR) is 119 cm³/mol. The summed E-state index contributed by atoms with van der Waals surface area (Å²) in [6, 6.07) is 17.0. The van der Waals surface area contributed by atoms with Crippen LogP contribution < -0.4 is 9.46 Å². The normalized spacial score (nSPS) is 24.4. The van der Waals surface area contributed by atoms with Crippen LogP contribution in [0.5, 0.6) is 5.75 Å². The summed E-state index contributed by atoms with van der Waals surface area (Å²) in [5.41, 5.74) is 1.36. The molecule has 3 aromatic rings. The van der Waals surface area contributed by atoms with Gasteiger partial charge in [-0.05, 0) is 29.0 Å². The van der Waals surface area contributed by atoms with Crippen LogP contribution in [0, 0.1) is 0 Å². The summed E-state index contributed by atoms with van der Waals surface area (Å²) in [5, 5.41) is 21.3. The van der Waals surface area contributed by atoms with E-state index in [-0.39, 0.29) is 17.2 Å². The molecule has 32 heavy (non-hydrogen) atoms. The number of aliphatic hydroxyl groups excluding tert-OH is 1. The van der Waals surface area contributed by atoms with Gasteiger partial charge in [0.15, 0.2) is 0 Å². The van der Waals surface area contributed by atoms with Crippen molar-refractivity contribution in [2.45, 2.75) is 35.5 Å². The average Bonchev–Trinajstić information content (AvgIpc) is 3.27. The minimum Gasteiger partial charge on any atom is -0.489 e. The predicted octanol–water partition coefficient (Wildman–Crippen LogP) is 2.89.